The molecule has 3 rings (SSSR count). The summed E-state index contributed by atoms with van der Waals surface area (Å²) in [6.45, 7) is 0.283. The molecule has 2 aromatic carbocycles. The smallest absolute Gasteiger partial charge is 0.269 e. The molecule has 0 saturated heterocycles. The van der Waals surface area contributed by atoms with E-state index >= 15 is 0 Å². The number of H-pyrrole nitrogens is 1. The number of fused-ring (bicyclic) bond motifs is 1. The first-order chi connectivity index (χ1) is 13.4. The Kier molecular flexibility index (Phi) is 6.17. The van der Waals surface area contributed by atoms with Gasteiger partial charge in [-0.2, -0.15) is 0 Å². The van der Waals surface area contributed by atoms with Crippen molar-refractivity contribution < 1.29 is 9.59 Å². The molecule has 3 aromatic rings. The largest absolute Gasteiger partial charge is 0.309 e. The maximum atomic E-state index is 12.1. The lowest BCUT2D eigenvalue weighted by Gasteiger charge is -2.16. The number of rotatable bonds is 5. The number of nitrogens with one attached hydrogen (secondary N) is 3. The highest BCUT2D eigenvalue weighted by molar-refractivity contribution is 9.10. The molecule has 0 aliphatic rings. The number of para-hydroxylation sites is 1. The van der Waals surface area contributed by atoms with Gasteiger partial charge in [-0.1, -0.05) is 28.1 Å². The summed E-state index contributed by atoms with van der Waals surface area (Å²) in [5.74, 6) is -0.349. The van der Waals surface area contributed by atoms with E-state index in [2.05, 4.69) is 36.7 Å². The van der Waals surface area contributed by atoms with Crippen LogP contribution in [0.2, 0.25) is 0 Å². The number of amides is 2. The molecule has 0 aliphatic heterocycles. The number of halogens is 1. The van der Waals surface area contributed by atoms with Gasteiger partial charge in [0.15, 0.2) is 0 Å². The van der Waals surface area contributed by atoms with E-state index in [0.29, 0.717) is 22.3 Å². The van der Waals surface area contributed by atoms with Crippen LogP contribution in [0.1, 0.15) is 16.2 Å². The minimum atomic E-state index is -0.413. The van der Waals surface area contributed by atoms with Gasteiger partial charge in [0.25, 0.3) is 17.4 Å². The summed E-state index contributed by atoms with van der Waals surface area (Å²) in [5.41, 5.74) is 5.54. The number of hydrogen-bond acceptors (Lipinski definition) is 5. The highest BCUT2D eigenvalue weighted by Gasteiger charge is 2.11. The molecule has 0 bridgehead atoms. The summed E-state index contributed by atoms with van der Waals surface area (Å²) in [5, 5.41) is 0.516. The quantitative estimate of drug-likeness (QED) is 0.518. The van der Waals surface area contributed by atoms with Crippen LogP contribution in [0.3, 0.4) is 0 Å². The number of carbonyl (C=O) groups excluding carboxylic acids is 2. The van der Waals surface area contributed by atoms with Crippen LogP contribution in [0.5, 0.6) is 0 Å². The molecule has 0 atom stereocenters. The first-order valence-electron chi connectivity index (χ1n) is 8.43. The Labute approximate surface area is 169 Å². The Balaban J connectivity index is 1.53. The fourth-order valence-corrected chi connectivity index (χ4v) is 2.87. The molecule has 28 heavy (non-hydrogen) atoms. The number of hydrazine groups is 1. The van der Waals surface area contributed by atoms with Crippen LogP contribution in [0, 0.1) is 0 Å². The molecule has 144 valence electrons. The molecule has 3 N–H and O–H groups in total. The lowest BCUT2D eigenvalue weighted by Crippen LogP contribution is -2.45. The predicted molar refractivity (Wildman–Crippen MR) is 108 cm³/mol. The summed E-state index contributed by atoms with van der Waals surface area (Å²) in [4.78, 5) is 44.9. The molecule has 0 spiro atoms. The van der Waals surface area contributed by atoms with Crippen LogP contribution in [0.15, 0.2) is 57.8 Å². The molecule has 0 aliphatic carbocycles. The summed E-state index contributed by atoms with van der Waals surface area (Å²) in [6.07, 6.45) is 0. The number of hydrogen-bond donors (Lipinski definition) is 3. The number of likely N-dealkylation sites (N-methyl/N-ethyl adjacent to an activating group) is 1. The lowest BCUT2D eigenvalue weighted by atomic mass is 10.2. The van der Waals surface area contributed by atoms with Crippen molar-refractivity contribution in [3.8, 4) is 0 Å². The first kappa shape index (κ1) is 19.7. The molecule has 0 fully saturated rings. The second-order valence-corrected chi connectivity index (χ2v) is 7.13. The highest BCUT2D eigenvalue weighted by Crippen LogP contribution is 2.10. The van der Waals surface area contributed by atoms with Gasteiger partial charge >= 0.3 is 0 Å². The lowest BCUT2D eigenvalue weighted by molar-refractivity contribution is -0.122. The van der Waals surface area contributed by atoms with Gasteiger partial charge in [0.05, 0.1) is 24.0 Å². The van der Waals surface area contributed by atoms with Crippen LogP contribution in [0.4, 0.5) is 0 Å². The van der Waals surface area contributed by atoms with Gasteiger partial charge in [-0.3, -0.25) is 30.1 Å². The van der Waals surface area contributed by atoms with Gasteiger partial charge in [0, 0.05) is 10.0 Å². The van der Waals surface area contributed by atoms with E-state index in [1.807, 2.05) is 6.07 Å². The first-order valence-corrected chi connectivity index (χ1v) is 9.23. The van der Waals surface area contributed by atoms with E-state index in [1.54, 1.807) is 54.4 Å². The van der Waals surface area contributed by atoms with Crippen molar-refractivity contribution >= 4 is 38.6 Å². The number of nitrogens with zero attached hydrogens (tertiary/aromatic N) is 2. The van der Waals surface area contributed by atoms with E-state index in [4.69, 9.17) is 0 Å². The Morgan fingerprint density at radius 3 is 2.57 bits per heavy atom. The molecular weight excluding hydrogens is 426 g/mol. The van der Waals surface area contributed by atoms with Crippen molar-refractivity contribution in [3.63, 3.8) is 0 Å². The molecule has 0 saturated carbocycles. The molecule has 0 unspecified atom stereocenters. The third-order valence-electron chi connectivity index (χ3n) is 3.92. The maximum absolute atomic E-state index is 12.1. The van der Waals surface area contributed by atoms with Gasteiger partial charge in [0.2, 0.25) is 0 Å². The molecular formula is C19H18BrN5O3. The number of aromatic nitrogens is 2. The van der Waals surface area contributed by atoms with E-state index in [0.717, 1.165) is 4.47 Å². The van der Waals surface area contributed by atoms with Gasteiger partial charge in [0.1, 0.15) is 5.82 Å². The molecule has 0 radical (unpaired) electrons. The van der Waals surface area contributed by atoms with Crippen LogP contribution < -0.4 is 16.4 Å². The normalized spacial score (nSPS) is 10.8. The van der Waals surface area contributed by atoms with Crippen molar-refractivity contribution in [3.05, 3.63) is 74.7 Å². The van der Waals surface area contributed by atoms with Crippen molar-refractivity contribution in [1.29, 1.82) is 0 Å². The average Bonchev–Trinajstić information content (AvgIpc) is 2.66. The van der Waals surface area contributed by atoms with Crippen molar-refractivity contribution in [2.75, 3.05) is 13.6 Å². The second kappa shape index (κ2) is 8.77. The van der Waals surface area contributed by atoms with E-state index < -0.39 is 11.8 Å². The number of benzene rings is 2. The number of carbonyl (C=O) groups is 2. The van der Waals surface area contributed by atoms with Crippen molar-refractivity contribution in [2.24, 2.45) is 0 Å². The van der Waals surface area contributed by atoms with E-state index in [1.165, 1.54) is 0 Å². The van der Waals surface area contributed by atoms with Crippen LogP contribution >= 0.6 is 15.9 Å². The Hall–Kier alpha value is -3.04. The molecule has 9 heteroatoms. The van der Waals surface area contributed by atoms with Crippen molar-refractivity contribution in [2.45, 2.75) is 6.54 Å². The standard InChI is InChI=1S/C19H18BrN5O3/c1-25(10-16-21-15-5-3-2-4-14(15)19(28)22-16)11-17(26)23-24-18(27)12-6-8-13(20)9-7-12/h2-9H,10-11H2,1H3,(H,23,26)(H,24,27)(H,21,22,28). The fraction of sp³-hybridized carbons (Fsp3) is 0.158. The van der Waals surface area contributed by atoms with Gasteiger partial charge in [-0.05, 0) is 43.4 Å². The monoisotopic (exact) mass is 443 g/mol. The Bertz CT molecular complexity index is 1070. The fourth-order valence-electron chi connectivity index (χ4n) is 2.61. The van der Waals surface area contributed by atoms with Crippen LogP contribution in [-0.4, -0.2) is 40.3 Å². The third-order valence-corrected chi connectivity index (χ3v) is 4.45. The zero-order chi connectivity index (χ0) is 20.1. The van der Waals surface area contributed by atoms with E-state index in [-0.39, 0.29) is 18.6 Å². The molecule has 1 aromatic heterocycles. The minimum Gasteiger partial charge on any atom is -0.309 e. The van der Waals surface area contributed by atoms with E-state index in [9.17, 15) is 14.4 Å². The van der Waals surface area contributed by atoms with Crippen LogP contribution in [-0.2, 0) is 11.3 Å². The Morgan fingerprint density at radius 1 is 1.11 bits per heavy atom. The maximum Gasteiger partial charge on any atom is 0.269 e. The topological polar surface area (TPSA) is 107 Å². The summed E-state index contributed by atoms with van der Waals surface area (Å²) >= 11 is 3.29. The SMILES string of the molecule is CN(CC(=O)NNC(=O)c1ccc(Br)cc1)Cc1nc2ccccc2c(=O)[nH]1. The predicted octanol–water partition coefficient (Wildman–Crippen LogP) is 1.58. The summed E-state index contributed by atoms with van der Waals surface area (Å²) in [6, 6.07) is 13.8. The highest BCUT2D eigenvalue weighted by atomic mass is 79.9. The molecule has 2 amide bonds. The van der Waals surface area contributed by atoms with Gasteiger partial charge in [-0.15, -0.1) is 0 Å². The van der Waals surface area contributed by atoms with Gasteiger partial charge in [-0.25, -0.2) is 4.98 Å². The minimum absolute atomic E-state index is 0.0111. The summed E-state index contributed by atoms with van der Waals surface area (Å²) in [7, 11) is 1.71. The zero-order valence-electron chi connectivity index (χ0n) is 15.0. The third kappa shape index (κ3) is 5.02. The number of aromatic amines is 1. The average molecular weight is 444 g/mol. The zero-order valence-corrected chi connectivity index (χ0v) is 16.6. The molecule has 8 nitrogen and oxygen atoms in total. The van der Waals surface area contributed by atoms with Gasteiger partial charge < -0.3 is 4.98 Å². The molecule has 1 heterocycles. The Morgan fingerprint density at radius 2 is 1.82 bits per heavy atom. The van der Waals surface area contributed by atoms with Crippen LogP contribution in [0.25, 0.3) is 10.9 Å². The second-order valence-electron chi connectivity index (χ2n) is 6.21. The summed E-state index contributed by atoms with van der Waals surface area (Å²) < 4.78 is 0.857. The van der Waals surface area contributed by atoms with Crippen molar-refractivity contribution in [1.82, 2.24) is 25.7 Å².